The Morgan fingerprint density at radius 1 is 1.59 bits per heavy atom. The molecule has 2 N–H and O–H groups in total. The highest BCUT2D eigenvalue weighted by Gasteiger charge is 2.21. The first kappa shape index (κ1) is 16.8. The third-order valence-electron chi connectivity index (χ3n) is 3.60. The van der Waals surface area contributed by atoms with Crippen LogP contribution in [0.3, 0.4) is 0 Å². The van der Waals surface area contributed by atoms with Gasteiger partial charge in [0.25, 0.3) is 0 Å². The first-order chi connectivity index (χ1) is 10.7. The van der Waals surface area contributed by atoms with Crippen LogP contribution in [-0.2, 0) is 4.74 Å². The number of furan rings is 1. The van der Waals surface area contributed by atoms with Crippen LogP contribution in [0.15, 0.2) is 27.8 Å². The molecule has 0 radical (unpaired) electrons. The van der Waals surface area contributed by atoms with Crippen molar-refractivity contribution in [3.8, 4) is 0 Å². The fourth-order valence-electron chi connectivity index (χ4n) is 2.06. The van der Waals surface area contributed by atoms with Gasteiger partial charge in [0.2, 0.25) is 0 Å². The number of nitrogens with zero attached hydrogens (tertiary/aromatic N) is 2. The third-order valence-corrected chi connectivity index (χ3v) is 3.60. The molecule has 0 aromatic carbocycles. The molecule has 0 bridgehead atoms. The molecule has 6 heteroatoms. The predicted octanol–water partition coefficient (Wildman–Crippen LogP) is 1.64. The number of hydrogen-bond donors (Lipinski definition) is 2. The van der Waals surface area contributed by atoms with Gasteiger partial charge in [-0.05, 0) is 37.8 Å². The fourth-order valence-corrected chi connectivity index (χ4v) is 2.06. The van der Waals surface area contributed by atoms with Gasteiger partial charge in [0.15, 0.2) is 5.96 Å². The molecule has 1 atom stereocenters. The van der Waals surface area contributed by atoms with E-state index in [4.69, 9.17) is 9.15 Å². The van der Waals surface area contributed by atoms with Crippen molar-refractivity contribution in [3.63, 3.8) is 0 Å². The number of rotatable bonds is 9. The van der Waals surface area contributed by atoms with E-state index in [1.165, 1.54) is 12.8 Å². The van der Waals surface area contributed by atoms with E-state index in [1.54, 1.807) is 18.4 Å². The Balaban J connectivity index is 1.76. The second-order valence-electron chi connectivity index (χ2n) is 5.67. The monoisotopic (exact) mass is 309 g/mol. The van der Waals surface area contributed by atoms with Crippen molar-refractivity contribution in [2.24, 2.45) is 10.9 Å². The molecule has 22 heavy (non-hydrogen) atoms. The Morgan fingerprint density at radius 3 is 3.05 bits per heavy atom. The molecule has 1 aromatic rings. The zero-order valence-corrected chi connectivity index (χ0v) is 13.5. The summed E-state index contributed by atoms with van der Waals surface area (Å²) in [6, 6.07) is 3.51. The van der Waals surface area contributed by atoms with Crippen LogP contribution in [0.5, 0.6) is 0 Å². The largest absolute Gasteiger partial charge is 0.467 e. The zero-order valence-electron chi connectivity index (χ0n) is 13.5. The highest BCUT2D eigenvalue weighted by molar-refractivity contribution is 5.79. The van der Waals surface area contributed by atoms with Crippen molar-refractivity contribution in [3.05, 3.63) is 24.2 Å². The Bertz CT molecular complexity index is 443. The van der Waals surface area contributed by atoms with E-state index in [1.807, 2.05) is 18.9 Å². The minimum atomic E-state index is -0.719. The molecule has 1 aromatic heterocycles. The molecule has 6 nitrogen and oxygen atoms in total. The van der Waals surface area contributed by atoms with E-state index >= 15 is 0 Å². The molecule has 1 saturated carbocycles. The molecule has 1 aliphatic carbocycles. The van der Waals surface area contributed by atoms with Crippen LogP contribution in [0.1, 0.15) is 31.6 Å². The number of aliphatic hydroxyl groups is 1. The maximum atomic E-state index is 10.0. The Labute approximate surface area is 132 Å². The first-order valence-corrected chi connectivity index (χ1v) is 7.99. The van der Waals surface area contributed by atoms with E-state index in [9.17, 15) is 5.11 Å². The molecule has 1 fully saturated rings. The summed E-state index contributed by atoms with van der Waals surface area (Å²) in [5, 5.41) is 13.2. The molecular weight excluding hydrogens is 282 g/mol. The molecule has 0 amide bonds. The molecule has 1 aliphatic rings. The van der Waals surface area contributed by atoms with Crippen molar-refractivity contribution in [1.82, 2.24) is 10.2 Å². The third kappa shape index (κ3) is 5.69. The summed E-state index contributed by atoms with van der Waals surface area (Å²) < 4.78 is 10.8. The minimum absolute atomic E-state index is 0.267. The number of aliphatic hydroxyl groups excluding tert-OH is 1. The number of aliphatic imine (C=N–C) groups is 1. The maximum Gasteiger partial charge on any atom is 0.193 e. The van der Waals surface area contributed by atoms with Gasteiger partial charge in [0.1, 0.15) is 11.9 Å². The standard InChI is InChI=1S/C16H27N3O3/c1-3-17-16(18-11-14(20)15-5-4-9-22-15)19(2)8-10-21-12-13-6-7-13/h4-5,9,13-14,20H,3,6-8,10-12H2,1-2H3,(H,17,18). The van der Waals surface area contributed by atoms with Crippen molar-refractivity contribution < 1.29 is 14.3 Å². The van der Waals surface area contributed by atoms with Gasteiger partial charge in [-0.1, -0.05) is 0 Å². The van der Waals surface area contributed by atoms with Gasteiger partial charge in [-0.15, -0.1) is 0 Å². The average molecular weight is 309 g/mol. The SMILES string of the molecule is CCNC(=NCC(O)c1ccco1)N(C)CCOCC1CC1. The van der Waals surface area contributed by atoms with Crippen LogP contribution in [0.2, 0.25) is 0 Å². The Morgan fingerprint density at radius 2 is 2.41 bits per heavy atom. The minimum Gasteiger partial charge on any atom is -0.467 e. The summed E-state index contributed by atoms with van der Waals surface area (Å²) in [6.07, 6.45) is 3.45. The van der Waals surface area contributed by atoms with Crippen molar-refractivity contribution in [2.45, 2.75) is 25.9 Å². The van der Waals surface area contributed by atoms with Crippen LogP contribution in [-0.4, -0.2) is 55.9 Å². The molecule has 1 heterocycles. The van der Waals surface area contributed by atoms with Crippen LogP contribution in [0.25, 0.3) is 0 Å². The van der Waals surface area contributed by atoms with Gasteiger partial charge in [0, 0.05) is 26.7 Å². The highest BCUT2D eigenvalue weighted by Crippen LogP contribution is 2.28. The lowest BCUT2D eigenvalue weighted by Gasteiger charge is -2.22. The molecule has 0 aliphatic heterocycles. The van der Waals surface area contributed by atoms with Crippen molar-refractivity contribution >= 4 is 5.96 Å². The quantitative estimate of drug-likeness (QED) is 0.412. The van der Waals surface area contributed by atoms with Gasteiger partial charge >= 0.3 is 0 Å². The van der Waals surface area contributed by atoms with E-state index in [0.717, 1.165) is 31.6 Å². The van der Waals surface area contributed by atoms with E-state index in [0.29, 0.717) is 12.4 Å². The zero-order chi connectivity index (χ0) is 15.8. The number of hydrogen-bond acceptors (Lipinski definition) is 4. The van der Waals surface area contributed by atoms with Crippen molar-refractivity contribution in [1.29, 1.82) is 0 Å². The average Bonchev–Trinajstić information content (AvgIpc) is 3.17. The molecule has 2 rings (SSSR count). The van der Waals surface area contributed by atoms with Gasteiger partial charge in [-0.2, -0.15) is 0 Å². The van der Waals surface area contributed by atoms with Crippen LogP contribution >= 0.6 is 0 Å². The summed E-state index contributed by atoms with van der Waals surface area (Å²) in [5.41, 5.74) is 0. The number of guanidine groups is 1. The first-order valence-electron chi connectivity index (χ1n) is 7.99. The second-order valence-corrected chi connectivity index (χ2v) is 5.67. The van der Waals surface area contributed by atoms with Gasteiger partial charge < -0.3 is 24.5 Å². The fraction of sp³-hybridized carbons (Fsp3) is 0.688. The van der Waals surface area contributed by atoms with Crippen LogP contribution in [0, 0.1) is 5.92 Å². The number of ether oxygens (including phenoxy) is 1. The molecule has 0 spiro atoms. The summed E-state index contributed by atoms with van der Waals surface area (Å²) in [4.78, 5) is 6.48. The number of likely N-dealkylation sites (N-methyl/N-ethyl adjacent to an activating group) is 1. The summed E-state index contributed by atoms with van der Waals surface area (Å²) in [6.45, 7) is 5.41. The highest BCUT2D eigenvalue weighted by atomic mass is 16.5. The Kier molecular flexibility index (Phi) is 6.74. The maximum absolute atomic E-state index is 10.0. The lowest BCUT2D eigenvalue weighted by molar-refractivity contribution is 0.115. The van der Waals surface area contributed by atoms with Crippen LogP contribution in [0.4, 0.5) is 0 Å². The molecule has 1 unspecified atom stereocenters. The normalized spacial score (nSPS) is 16.6. The van der Waals surface area contributed by atoms with Crippen LogP contribution < -0.4 is 5.32 Å². The molecular formula is C16H27N3O3. The number of nitrogens with one attached hydrogen (secondary N) is 1. The molecule has 0 saturated heterocycles. The van der Waals surface area contributed by atoms with Gasteiger partial charge in [0.05, 0.1) is 19.4 Å². The smallest absolute Gasteiger partial charge is 0.193 e. The summed E-state index contributed by atoms with van der Waals surface area (Å²) in [7, 11) is 1.97. The van der Waals surface area contributed by atoms with E-state index in [2.05, 4.69) is 10.3 Å². The lowest BCUT2D eigenvalue weighted by Crippen LogP contribution is -2.40. The Hall–Kier alpha value is -1.53. The van der Waals surface area contributed by atoms with Gasteiger partial charge in [-0.3, -0.25) is 0 Å². The predicted molar refractivity (Wildman–Crippen MR) is 85.8 cm³/mol. The van der Waals surface area contributed by atoms with E-state index in [-0.39, 0.29) is 6.54 Å². The second kappa shape index (κ2) is 8.80. The van der Waals surface area contributed by atoms with E-state index < -0.39 is 6.10 Å². The molecule has 124 valence electrons. The topological polar surface area (TPSA) is 70.2 Å². The summed E-state index contributed by atoms with van der Waals surface area (Å²) >= 11 is 0. The lowest BCUT2D eigenvalue weighted by atomic mass is 10.3. The van der Waals surface area contributed by atoms with Crippen molar-refractivity contribution in [2.75, 3.05) is 39.9 Å². The summed E-state index contributed by atoms with van der Waals surface area (Å²) in [5.74, 6) is 2.09. The van der Waals surface area contributed by atoms with Gasteiger partial charge in [-0.25, -0.2) is 4.99 Å².